The number of ketones is 1. The zero-order valence-corrected chi connectivity index (χ0v) is 18.6. The molecule has 0 saturated heterocycles. The monoisotopic (exact) mass is 444 g/mol. The van der Waals surface area contributed by atoms with Crippen LogP contribution >= 0.6 is 11.3 Å². The van der Waals surface area contributed by atoms with Crippen molar-refractivity contribution in [1.82, 2.24) is 10.6 Å². The molecule has 0 unspecified atom stereocenters. The van der Waals surface area contributed by atoms with Crippen LogP contribution in [0.2, 0.25) is 0 Å². The van der Waals surface area contributed by atoms with Crippen LogP contribution in [0.1, 0.15) is 54.4 Å². The first-order valence-electron chi connectivity index (χ1n) is 10.5. The molecule has 0 aliphatic carbocycles. The van der Waals surface area contributed by atoms with Crippen LogP contribution in [0.3, 0.4) is 0 Å². The third-order valence-electron chi connectivity index (χ3n) is 4.96. The minimum atomic E-state index is -0.232. The van der Waals surface area contributed by atoms with Gasteiger partial charge in [-0.05, 0) is 35.1 Å². The Kier molecular flexibility index (Phi) is 8.06. The van der Waals surface area contributed by atoms with Crippen LogP contribution in [0, 0.1) is 5.92 Å². The smallest absolute Gasteiger partial charge is 0.222 e. The number of carbonyl (C=O) groups is 3. The third-order valence-corrected chi connectivity index (χ3v) is 5.87. The maximum Gasteiger partial charge on any atom is 0.222 e. The molecule has 0 bridgehead atoms. The van der Waals surface area contributed by atoms with Gasteiger partial charge in [-0.1, -0.05) is 26.0 Å². The molecule has 8 heteroatoms. The van der Waals surface area contributed by atoms with Crippen molar-refractivity contribution in [1.29, 1.82) is 0 Å². The van der Waals surface area contributed by atoms with Crippen LogP contribution in [-0.2, 0) is 9.59 Å². The Balaban J connectivity index is 1.44. The predicted molar refractivity (Wildman–Crippen MR) is 119 cm³/mol. The van der Waals surface area contributed by atoms with Crippen molar-refractivity contribution in [3.8, 4) is 11.5 Å². The number of carbonyl (C=O) groups excluding carboxylic acids is 3. The van der Waals surface area contributed by atoms with Gasteiger partial charge >= 0.3 is 0 Å². The van der Waals surface area contributed by atoms with Crippen molar-refractivity contribution in [2.24, 2.45) is 5.92 Å². The second-order valence-electron chi connectivity index (χ2n) is 7.69. The van der Waals surface area contributed by atoms with Gasteiger partial charge in [-0.3, -0.25) is 14.4 Å². The Bertz CT molecular complexity index is 911. The lowest BCUT2D eigenvalue weighted by atomic mass is 9.95. The number of thiophene rings is 1. The zero-order chi connectivity index (χ0) is 22.2. The maximum absolute atomic E-state index is 12.5. The molecular weight excluding hydrogens is 416 g/mol. The van der Waals surface area contributed by atoms with Crippen LogP contribution in [0.4, 0.5) is 0 Å². The highest BCUT2D eigenvalue weighted by molar-refractivity contribution is 7.12. The first-order valence-corrected chi connectivity index (χ1v) is 11.3. The molecule has 2 N–H and O–H groups in total. The molecule has 1 aromatic heterocycles. The lowest BCUT2D eigenvalue weighted by Crippen LogP contribution is -2.35. The molecule has 3 rings (SSSR count). The topological polar surface area (TPSA) is 93.7 Å². The Morgan fingerprint density at radius 3 is 2.48 bits per heavy atom. The molecule has 7 nitrogen and oxygen atoms in total. The fourth-order valence-electron chi connectivity index (χ4n) is 3.33. The van der Waals surface area contributed by atoms with E-state index in [0.717, 1.165) is 5.56 Å². The van der Waals surface area contributed by atoms with Gasteiger partial charge in [0.1, 0.15) is 13.2 Å². The summed E-state index contributed by atoms with van der Waals surface area (Å²) in [6, 6.07) is 9.09. The average Bonchev–Trinajstić information content (AvgIpc) is 3.30. The number of Topliss-reactive ketones (excluding diaryl/α,β-unsaturated/α-hetero) is 1. The molecule has 0 saturated carbocycles. The van der Waals surface area contributed by atoms with Crippen molar-refractivity contribution in [3.63, 3.8) is 0 Å². The number of hydrogen-bond acceptors (Lipinski definition) is 6. The lowest BCUT2D eigenvalue weighted by molar-refractivity contribution is -0.123. The molecule has 2 aromatic rings. The number of ether oxygens (including phenoxy) is 2. The van der Waals surface area contributed by atoms with Crippen LogP contribution in [0.25, 0.3) is 0 Å². The lowest BCUT2D eigenvalue weighted by Gasteiger charge is -2.25. The van der Waals surface area contributed by atoms with Gasteiger partial charge in [0.25, 0.3) is 0 Å². The van der Waals surface area contributed by atoms with Crippen molar-refractivity contribution >= 4 is 28.9 Å². The summed E-state index contributed by atoms with van der Waals surface area (Å²) in [4.78, 5) is 37.0. The molecule has 0 spiro atoms. The standard InChI is InChI=1S/C23H28N2O5S/c1-15(2)23(16-5-7-18-19(14-16)30-12-11-29-18)25-22(28)9-10-24-21(27)8-6-17(26)20-4-3-13-31-20/h3-5,7,13-15,23H,6,8-12H2,1-2H3,(H,24,27)(H,25,28)/t23-/m1/s1. The van der Waals surface area contributed by atoms with E-state index in [1.165, 1.54) is 11.3 Å². The molecule has 0 fully saturated rings. The molecule has 1 atom stereocenters. The highest BCUT2D eigenvalue weighted by Crippen LogP contribution is 2.34. The molecule has 1 aliphatic rings. The zero-order valence-electron chi connectivity index (χ0n) is 17.8. The van der Waals surface area contributed by atoms with E-state index in [4.69, 9.17) is 9.47 Å². The van der Waals surface area contributed by atoms with Gasteiger partial charge in [0.05, 0.1) is 10.9 Å². The largest absolute Gasteiger partial charge is 0.486 e. The molecule has 2 amide bonds. The Morgan fingerprint density at radius 1 is 1.00 bits per heavy atom. The minimum absolute atomic E-state index is 0.0397. The van der Waals surface area contributed by atoms with Crippen LogP contribution in [-0.4, -0.2) is 37.4 Å². The summed E-state index contributed by atoms with van der Waals surface area (Å²) in [5.41, 5.74) is 0.948. The fourth-order valence-corrected chi connectivity index (χ4v) is 4.02. The van der Waals surface area contributed by atoms with Crippen LogP contribution in [0.15, 0.2) is 35.7 Å². The second kappa shape index (κ2) is 10.9. The van der Waals surface area contributed by atoms with Gasteiger partial charge in [0.15, 0.2) is 17.3 Å². The van der Waals surface area contributed by atoms with Crippen molar-refractivity contribution in [2.45, 2.75) is 39.2 Å². The van der Waals surface area contributed by atoms with Crippen LogP contribution in [0.5, 0.6) is 11.5 Å². The molecule has 31 heavy (non-hydrogen) atoms. The fraction of sp³-hybridized carbons (Fsp3) is 0.435. The third kappa shape index (κ3) is 6.55. The summed E-state index contributed by atoms with van der Waals surface area (Å²) in [7, 11) is 0. The summed E-state index contributed by atoms with van der Waals surface area (Å²) in [5.74, 6) is 1.15. The normalized spacial score (nSPS) is 13.5. The highest BCUT2D eigenvalue weighted by atomic mass is 32.1. The summed E-state index contributed by atoms with van der Waals surface area (Å²) in [6.07, 6.45) is 0.445. The molecule has 166 valence electrons. The van der Waals surface area contributed by atoms with E-state index in [1.54, 1.807) is 6.07 Å². The van der Waals surface area contributed by atoms with E-state index in [9.17, 15) is 14.4 Å². The summed E-state index contributed by atoms with van der Waals surface area (Å²) < 4.78 is 11.2. The van der Waals surface area contributed by atoms with E-state index in [0.29, 0.717) is 29.6 Å². The molecule has 1 aliphatic heterocycles. The molecule has 2 heterocycles. The average molecular weight is 445 g/mol. The van der Waals surface area contributed by atoms with Crippen molar-refractivity contribution in [3.05, 3.63) is 46.2 Å². The Labute approximate surface area is 186 Å². The summed E-state index contributed by atoms with van der Waals surface area (Å²) in [5, 5.41) is 7.59. The summed E-state index contributed by atoms with van der Waals surface area (Å²) in [6.45, 7) is 5.34. The maximum atomic E-state index is 12.5. The predicted octanol–water partition coefficient (Wildman–Crippen LogP) is 3.50. The van der Waals surface area contributed by atoms with Crippen molar-refractivity contribution < 1.29 is 23.9 Å². The van der Waals surface area contributed by atoms with Gasteiger partial charge in [-0.25, -0.2) is 0 Å². The number of benzene rings is 1. The van der Waals surface area contributed by atoms with Crippen LogP contribution < -0.4 is 20.1 Å². The first-order chi connectivity index (χ1) is 14.9. The molecule has 1 aromatic carbocycles. The first kappa shape index (κ1) is 22.8. The van der Waals surface area contributed by atoms with E-state index in [-0.39, 0.29) is 55.4 Å². The quantitative estimate of drug-likeness (QED) is 0.547. The molecular formula is C23H28N2O5S. The summed E-state index contributed by atoms with van der Waals surface area (Å²) >= 11 is 1.37. The SMILES string of the molecule is CC(C)[C@@H](NC(=O)CCNC(=O)CCC(=O)c1cccs1)c1ccc2c(c1)OCCO2. The second-order valence-corrected chi connectivity index (χ2v) is 8.64. The molecule has 0 radical (unpaired) electrons. The van der Waals surface area contributed by atoms with Gasteiger partial charge in [0, 0.05) is 25.8 Å². The van der Waals surface area contributed by atoms with E-state index in [2.05, 4.69) is 10.6 Å². The van der Waals surface area contributed by atoms with Crippen molar-refractivity contribution in [2.75, 3.05) is 19.8 Å². The van der Waals surface area contributed by atoms with Gasteiger partial charge in [-0.2, -0.15) is 0 Å². The number of hydrogen-bond donors (Lipinski definition) is 2. The van der Waals surface area contributed by atoms with Gasteiger partial charge in [-0.15, -0.1) is 11.3 Å². The number of rotatable bonds is 10. The number of amides is 2. The Morgan fingerprint density at radius 2 is 1.77 bits per heavy atom. The van der Waals surface area contributed by atoms with E-state index in [1.807, 2.05) is 43.5 Å². The van der Waals surface area contributed by atoms with E-state index < -0.39 is 0 Å². The minimum Gasteiger partial charge on any atom is -0.486 e. The van der Waals surface area contributed by atoms with E-state index >= 15 is 0 Å². The van der Waals surface area contributed by atoms with Gasteiger partial charge in [0.2, 0.25) is 11.8 Å². The van der Waals surface area contributed by atoms with Gasteiger partial charge < -0.3 is 20.1 Å². The highest BCUT2D eigenvalue weighted by Gasteiger charge is 2.21. The Hall–Kier alpha value is -2.87. The number of nitrogens with one attached hydrogen (secondary N) is 2. The number of fused-ring (bicyclic) bond motifs is 1.